The Morgan fingerprint density at radius 3 is 3.00 bits per heavy atom. The van der Waals surface area contributed by atoms with Gasteiger partial charge in [-0.3, -0.25) is 4.79 Å². The largest absolute Gasteiger partial charge is 0.378 e. The van der Waals surface area contributed by atoms with Crippen LogP contribution < -0.4 is 5.32 Å². The molecular weight excluding hydrogens is 216 g/mol. The summed E-state index contributed by atoms with van der Waals surface area (Å²) >= 11 is 0. The average molecular weight is 240 g/mol. The number of amides is 1. The van der Waals surface area contributed by atoms with Crippen molar-refractivity contribution in [3.63, 3.8) is 0 Å². The molecule has 2 saturated heterocycles. The third-order valence-electron chi connectivity index (χ3n) is 3.84. The Morgan fingerprint density at radius 1 is 1.41 bits per heavy atom. The molecule has 0 aliphatic carbocycles. The minimum atomic E-state index is 0.318. The Kier molecular flexibility index (Phi) is 4.80. The van der Waals surface area contributed by atoms with Crippen molar-refractivity contribution >= 4 is 5.91 Å². The minimum Gasteiger partial charge on any atom is -0.378 e. The zero-order valence-electron chi connectivity index (χ0n) is 10.8. The Hall–Kier alpha value is -0.610. The lowest BCUT2D eigenvalue weighted by Crippen LogP contribution is -2.41. The molecule has 2 heterocycles. The number of nitrogens with one attached hydrogen (secondary N) is 1. The fourth-order valence-corrected chi connectivity index (χ4v) is 2.91. The van der Waals surface area contributed by atoms with E-state index < -0.39 is 0 Å². The molecule has 98 valence electrons. The van der Waals surface area contributed by atoms with Crippen molar-refractivity contribution in [2.75, 3.05) is 26.7 Å². The van der Waals surface area contributed by atoms with Crippen LogP contribution in [0.4, 0.5) is 0 Å². The smallest absolute Gasteiger partial charge is 0.222 e. The summed E-state index contributed by atoms with van der Waals surface area (Å²) in [4.78, 5) is 14.2. The molecule has 2 rings (SSSR count). The second-order valence-corrected chi connectivity index (χ2v) is 5.11. The summed E-state index contributed by atoms with van der Waals surface area (Å²) in [5.74, 6) is 0.318. The van der Waals surface area contributed by atoms with Crippen LogP contribution in [0, 0.1) is 0 Å². The van der Waals surface area contributed by atoms with Gasteiger partial charge in [-0.05, 0) is 39.2 Å². The van der Waals surface area contributed by atoms with E-state index in [1.165, 1.54) is 0 Å². The summed E-state index contributed by atoms with van der Waals surface area (Å²) in [6.07, 6.45) is 6.49. The van der Waals surface area contributed by atoms with E-state index in [2.05, 4.69) is 10.2 Å². The Bertz CT molecular complexity index is 252. The highest BCUT2D eigenvalue weighted by molar-refractivity contribution is 5.76. The first-order valence-electron chi connectivity index (χ1n) is 6.87. The zero-order chi connectivity index (χ0) is 12.1. The van der Waals surface area contributed by atoms with Crippen LogP contribution in [0.5, 0.6) is 0 Å². The van der Waals surface area contributed by atoms with Gasteiger partial charge in [-0.15, -0.1) is 0 Å². The molecule has 0 bridgehead atoms. The maximum atomic E-state index is 12.1. The molecule has 2 atom stereocenters. The van der Waals surface area contributed by atoms with Gasteiger partial charge in [0.25, 0.3) is 0 Å². The highest BCUT2D eigenvalue weighted by Crippen LogP contribution is 2.21. The Balaban J connectivity index is 1.74. The number of carbonyl (C=O) groups excluding carboxylic acids is 1. The van der Waals surface area contributed by atoms with Crippen molar-refractivity contribution in [1.29, 1.82) is 0 Å². The third kappa shape index (κ3) is 3.42. The fraction of sp³-hybridized carbons (Fsp3) is 0.923. The lowest BCUT2D eigenvalue weighted by molar-refractivity contribution is -0.132. The van der Waals surface area contributed by atoms with Crippen LogP contribution in [0.25, 0.3) is 0 Å². The first-order valence-corrected chi connectivity index (χ1v) is 6.87. The van der Waals surface area contributed by atoms with E-state index in [9.17, 15) is 4.79 Å². The van der Waals surface area contributed by atoms with Gasteiger partial charge in [-0.25, -0.2) is 0 Å². The molecule has 2 fully saturated rings. The Labute approximate surface area is 104 Å². The van der Waals surface area contributed by atoms with E-state index in [1.807, 2.05) is 7.05 Å². The van der Waals surface area contributed by atoms with Gasteiger partial charge < -0.3 is 15.0 Å². The maximum absolute atomic E-state index is 12.1. The molecule has 0 aromatic carbocycles. The molecule has 0 aromatic rings. The van der Waals surface area contributed by atoms with Gasteiger partial charge in [0.05, 0.1) is 6.10 Å². The molecule has 0 saturated carbocycles. The molecule has 2 unspecified atom stereocenters. The number of hydrogen-bond donors (Lipinski definition) is 1. The molecule has 0 aromatic heterocycles. The van der Waals surface area contributed by atoms with Crippen LogP contribution in [0.3, 0.4) is 0 Å². The van der Waals surface area contributed by atoms with Gasteiger partial charge in [-0.2, -0.15) is 0 Å². The predicted octanol–water partition coefficient (Wildman–Crippen LogP) is 1.16. The summed E-state index contributed by atoms with van der Waals surface area (Å²) in [6, 6.07) is 0.414. The number of nitrogens with zero attached hydrogens (tertiary/aromatic N) is 1. The van der Waals surface area contributed by atoms with Gasteiger partial charge in [0.15, 0.2) is 0 Å². The molecule has 17 heavy (non-hydrogen) atoms. The normalized spacial score (nSPS) is 28.9. The van der Waals surface area contributed by atoms with Crippen LogP contribution in [0.1, 0.15) is 38.5 Å². The van der Waals surface area contributed by atoms with E-state index >= 15 is 0 Å². The first-order chi connectivity index (χ1) is 8.31. The highest BCUT2D eigenvalue weighted by atomic mass is 16.5. The number of rotatable bonds is 5. The van der Waals surface area contributed by atoms with Crippen molar-refractivity contribution in [2.24, 2.45) is 0 Å². The number of likely N-dealkylation sites (tertiary alicyclic amines) is 1. The topological polar surface area (TPSA) is 41.6 Å². The monoisotopic (exact) mass is 240 g/mol. The lowest BCUT2D eigenvalue weighted by atomic mass is 10.1. The summed E-state index contributed by atoms with van der Waals surface area (Å²) in [7, 11) is 1.95. The van der Waals surface area contributed by atoms with E-state index in [4.69, 9.17) is 4.74 Å². The number of likely N-dealkylation sites (N-methyl/N-ethyl adjacent to an activating group) is 1. The van der Waals surface area contributed by atoms with Crippen molar-refractivity contribution in [2.45, 2.75) is 50.7 Å². The zero-order valence-corrected chi connectivity index (χ0v) is 10.8. The quantitative estimate of drug-likeness (QED) is 0.784. The van der Waals surface area contributed by atoms with E-state index in [0.717, 1.165) is 51.8 Å². The number of hydrogen-bond acceptors (Lipinski definition) is 3. The van der Waals surface area contributed by atoms with Crippen LogP contribution in [0.15, 0.2) is 0 Å². The van der Waals surface area contributed by atoms with Crippen LogP contribution >= 0.6 is 0 Å². The SMILES string of the molecule is CNCC1CCCN1C(=O)CCC1CCCO1. The third-order valence-corrected chi connectivity index (χ3v) is 3.84. The van der Waals surface area contributed by atoms with Gasteiger partial charge in [0.2, 0.25) is 5.91 Å². The van der Waals surface area contributed by atoms with Gasteiger partial charge in [0, 0.05) is 32.2 Å². The van der Waals surface area contributed by atoms with Crippen LogP contribution in [-0.4, -0.2) is 49.7 Å². The summed E-state index contributed by atoms with van der Waals surface area (Å²) < 4.78 is 5.56. The molecule has 2 aliphatic rings. The summed E-state index contributed by atoms with van der Waals surface area (Å²) in [5.41, 5.74) is 0. The molecule has 0 spiro atoms. The summed E-state index contributed by atoms with van der Waals surface area (Å²) in [5, 5.41) is 3.17. The molecule has 1 amide bonds. The average Bonchev–Trinajstić information content (AvgIpc) is 2.97. The van der Waals surface area contributed by atoms with Crippen molar-refractivity contribution in [1.82, 2.24) is 10.2 Å². The number of ether oxygens (including phenoxy) is 1. The van der Waals surface area contributed by atoms with E-state index in [1.54, 1.807) is 0 Å². The minimum absolute atomic E-state index is 0.318. The molecule has 0 radical (unpaired) electrons. The highest BCUT2D eigenvalue weighted by Gasteiger charge is 2.28. The van der Waals surface area contributed by atoms with Crippen molar-refractivity contribution in [3.05, 3.63) is 0 Å². The molecule has 2 aliphatic heterocycles. The van der Waals surface area contributed by atoms with Crippen molar-refractivity contribution in [3.8, 4) is 0 Å². The van der Waals surface area contributed by atoms with E-state index in [0.29, 0.717) is 24.5 Å². The number of carbonyl (C=O) groups is 1. The van der Waals surface area contributed by atoms with Gasteiger partial charge in [0.1, 0.15) is 0 Å². The molecule has 4 nitrogen and oxygen atoms in total. The Morgan fingerprint density at radius 2 is 2.29 bits per heavy atom. The fourth-order valence-electron chi connectivity index (χ4n) is 2.91. The second-order valence-electron chi connectivity index (χ2n) is 5.11. The van der Waals surface area contributed by atoms with Crippen LogP contribution in [0.2, 0.25) is 0 Å². The molecular formula is C13H24N2O2. The lowest BCUT2D eigenvalue weighted by Gasteiger charge is -2.25. The maximum Gasteiger partial charge on any atom is 0.222 e. The van der Waals surface area contributed by atoms with E-state index in [-0.39, 0.29) is 0 Å². The molecule has 1 N–H and O–H groups in total. The van der Waals surface area contributed by atoms with Gasteiger partial charge in [-0.1, -0.05) is 0 Å². The molecule has 4 heteroatoms. The standard InChI is InChI=1S/C13H24N2O2/c1-14-10-11-4-2-8-15(11)13(16)7-6-12-5-3-9-17-12/h11-12,14H,2-10H2,1H3. The van der Waals surface area contributed by atoms with Crippen LogP contribution in [-0.2, 0) is 9.53 Å². The predicted molar refractivity (Wildman–Crippen MR) is 66.9 cm³/mol. The second kappa shape index (κ2) is 6.36. The van der Waals surface area contributed by atoms with Crippen molar-refractivity contribution < 1.29 is 9.53 Å². The summed E-state index contributed by atoms with van der Waals surface area (Å²) in [6.45, 7) is 2.74. The van der Waals surface area contributed by atoms with Gasteiger partial charge >= 0.3 is 0 Å². The first kappa shape index (κ1) is 12.8.